The lowest BCUT2D eigenvalue weighted by molar-refractivity contribution is 0.654. The summed E-state index contributed by atoms with van der Waals surface area (Å²) in [5, 5.41) is 8.71. The minimum Gasteiger partial charge on any atom is -0.298 e. The molecular weight excluding hydrogens is 246 g/mol. The smallest absolute Gasteiger partial charge is 0.225 e. The summed E-state index contributed by atoms with van der Waals surface area (Å²) in [6.07, 6.45) is 3.15. The molecule has 94 valence electrons. The van der Waals surface area contributed by atoms with Crippen molar-refractivity contribution in [2.45, 2.75) is 38.1 Å². The molecule has 3 nitrogen and oxygen atoms in total. The Labute approximate surface area is 112 Å². The summed E-state index contributed by atoms with van der Waals surface area (Å²) in [6.45, 7) is 2.15. The van der Waals surface area contributed by atoms with E-state index in [2.05, 4.69) is 52.0 Å². The van der Waals surface area contributed by atoms with Crippen molar-refractivity contribution in [2.24, 2.45) is 0 Å². The first-order valence-corrected chi connectivity index (χ1v) is 6.83. The van der Waals surface area contributed by atoms with Gasteiger partial charge >= 0.3 is 0 Å². The molecular formula is C14H16ClN3. The molecule has 1 aromatic carbocycles. The topological polar surface area (TPSA) is 30.7 Å². The Balaban J connectivity index is 1.84. The van der Waals surface area contributed by atoms with Gasteiger partial charge in [0, 0.05) is 18.4 Å². The van der Waals surface area contributed by atoms with Crippen molar-refractivity contribution in [1.82, 2.24) is 14.8 Å². The Hall–Kier alpha value is -1.35. The van der Waals surface area contributed by atoms with Gasteiger partial charge in [-0.3, -0.25) is 4.57 Å². The van der Waals surface area contributed by atoms with Gasteiger partial charge in [0.2, 0.25) is 5.28 Å². The highest BCUT2D eigenvalue weighted by Crippen LogP contribution is 2.52. The summed E-state index contributed by atoms with van der Waals surface area (Å²) in [4.78, 5) is 0. The Morgan fingerprint density at radius 1 is 1.28 bits per heavy atom. The van der Waals surface area contributed by atoms with Crippen molar-refractivity contribution in [1.29, 1.82) is 0 Å². The van der Waals surface area contributed by atoms with E-state index in [1.165, 1.54) is 5.56 Å². The van der Waals surface area contributed by atoms with Crippen LogP contribution >= 0.6 is 11.6 Å². The number of aryl methyl sites for hydroxylation is 1. The van der Waals surface area contributed by atoms with Crippen molar-refractivity contribution in [3.8, 4) is 0 Å². The first-order valence-electron chi connectivity index (χ1n) is 6.45. The molecule has 0 aliphatic heterocycles. The van der Waals surface area contributed by atoms with Crippen LogP contribution < -0.4 is 0 Å². The molecule has 1 aliphatic rings. The molecule has 1 heterocycles. The second-order valence-electron chi connectivity index (χ2n) is 4.83. The van der Waals surface area contributed by atoms with Crippen LogP contribution in [0.25, 0.3) is 0 Å². The van der Waals surface area contributed by atoms with Gasteiger partial charge in [-0.25, -0.2) is 0 Å². The molecule has 0 N–H and O–H groups in total. The lowest BCUT2D eigenvalue weighted by atomic mass is 10.1. The first-order chi connectivity index (χ1) is 8.81. The fraction of sp³-hybridized carbons (Fsp3) is 0.429. The van der Waals surface area contributed by atoms with E-state index in [1.807, 2.05) is 0 Å². The standard InChI is InChI=1S/C14H16ClN3/c1-2-6-13-16-17-14(15)18(13)12-9-11(12)10-7-4-3-5-8-10/h3-5,7-8,11-12H,2,6,9H2,1H3. The largest absolute Gasteiger partial charge is 0.298 e. The van der Waals surface area contributed by atoms with E-state index in [0.717, 1.165) is 25.1 Å². The maximum atomic E-state index is 6.16. The maximum Gasteiger partial charge on any atom is 0.225 e. The Morgan fingerprint density at radius 2 is 2.06 bits per heavy atom. The van der Waals surface area contributed by atoms with Crippen LogP contribution in [0.1, 0.15) is 43.1 Å². The average molecular weight is 262 g/mol. The van der Waals surface area contributed by atoms with Crippen LogP contribution in [0.5, 0.6) is 0 Å². The number of hydrogen-bond donors (Lipinski definition) is 0. The SMILES string of the molecule is CCCc1nnc(Cl)n1C1CC1c1ccccc1. The number of halogens is 1. The molecule has 2 unspecified atom stereocenters. The molecule has 0 saturated heterocycles. The Bertz CT molecular complexity index is 535. The Kier molecular flexibility index (Phi) is 3.08. The van der Waals surface area contributed by atoms with Gasteiger partial charge in [0.05, 0.1) is 0 Å². The normalized spacial score (nSPS) is 22.1. The zero-order valence-corrected chi connectivity index (χ0v) is 11.1. The molecule has 2 atom stereocenters. The quantitative estimate of drug-likeness (QED) is 0.842. The van der Waals surface area contributed by atoms with E-state index >= 15 is 0 Å². The maximum absolute atomic E-state index is 6.16. The number of rotatable bonds is 4. The molecule has 2 aromatic rings. The van der Waals surface area contributed by atoms with E-state index in [-0.39, 0.29) is 0 Å². The van der Waals surface area contributed by atoms with E-state index < -0.39 is 0 Å². The minimum atomic E-state index is 0.441. The predicted octanol–water partition coefficient (Wildman–Crippen LogP) is 3.61. The van der Waals surface area contributed by atoms with Crippen LogP contribution in [0, 0.1) is 0 Å². The fourth-order valence-corrected chi connectivity index (χ4v) is 2.81. The summed E-state index contributed by atoms with van der Waals surface area (Å²) >= 11 is 6.16. The third-order valence-corrected chi connectivity index (χ3v) is 3.77. The summed E-state index contributed by atoms with van der Waals surface area (Å²) in [7, 11) is 0. The van der Waals surface area contributed by atoms with Gasteiger partial charge < -0.3 is 0 Å². The third-order valence-electron chi connectivity index (χ3n) is 3.51. The van der Waals surface area contributed by atoms with E-state index in [1.54, 1.807) is 0 Å². The lowest BCUT2D eigenvalue weighted by Gasteiger charge is -2.06. The fourth-order valence-electron chi connectivity index (χ4n) is 2.55. The van der Waals surface area contributed by atoms with Crippen molar-refractivity contribution < 1.29 is 0 Å². The van der Waals surface area contributed by atoms with Gasteiger partial charge in [-0.2, -0.15) is 0 Å². The van der Waals surface area contributed by atoms with Crippen LogP contribution in [-0.4, -0.2) is 14.8 Å². The van der Waals surface area contributed by atoms with Gasteiger partial charge in [-0.15, -0.1) is 10.2 Å². The van der Waals surface area contributed by atoms with Crippen molar-refractivity contribution in [2.75, 3.05) is 0 Å². The van der Waals surface area contributed by atoms with Crippen molar-refractivity contribution >= 4 is 11.6 Å². The molecule has 4 heteroatoms. The van der Waals surface area contributed by atoms with Gasteiger partial charge in [-0.1, -0.05) is 37.3 Å². The van der Waals surface area contributed by atoms with E-state index in [4.69, 9.17) is 11.6 Å². The summed E-state index contributed by atoms with van der Waals surface area (Å²) in [6, 6.07) is 11.0. The summed E-state index contributed by atoms with van der Waals surface area (Å²) < 4.78 is 2.11. The molecule has 1 fully saturated rings. The zero-order chi connectivity index (χ0) is 12.5. The lowest BCUT2D eigenvalue weighted by Crippen LogP contribution is -2.03. The molecule has 3 rings (SSSR count). The van der Waals surface area contributed by atoms with E-state index in [9.17, 15) is 0 Å². The van der Waals surface area contributed by atoms with Gasteiger partial charge in [0.15, 0.2) is 0 Å². The van der Waals surface area contributed by atoms with Gasteiger partial charge in [-0.05, 0) is 30.0 Å². The molecule has 1 saturated carbocycles. The number of hydrogen-bond acceptors (Lipinski definition) is 2. The van der Waals surface area contributed by atoms with Crippen LogP contribution in [-0.2, 0) is 6.42 Å². The summed E-state index contributed by atoms with van der Waals surface area (Å²) in [5.41, 5.74) is 1.38. The first kappa shape index (κ1) is 11.7. The molecule has 0 amide bonds. The predicted molar refractivity (Wildman–Crippen MR) is 71.9 cm³/mol. The van der Waals surface area contributed by atoms with Crippen molar-refractivity contribution in [3.63, 3.8) is 0 Å². The van der Waals surface area contributed by atoms with Crippen LogP contribution in [0.2, 0.25) is 5.28 Å². The van der Waals surface area contributed by atoms with Crippen LogP contribution in [0.15, 0.2) is 30.3 Å². The minimum absolute atomic E-state index is 0.441. The second-order valence-corrected chi connectivity index (χ2v) is 5.16. The molecule has 1 aromatic heterocycles. The van der Waals surface area contributed by atoms with Crippen molar-refractivity contribution in [3.05, 3.63) is 47.0 Å². The van der Waals surface area contributed by atoms with Gasteiger partial charge in [0.25, 0.3) is 0 Å². The highest BCUT2D eigenvalue weighted by atomic mass is 35.5. The van der Waals surface area contributed by atoms with Crippen LogP contribution in [0.4, 0.5) is 0 Å². The molecule has 0 radical (unpaired) electrons. The number of benzene rings is 1. The highest BCUT2D eigenvalue weighted by molar-refractivity contribution is 6.28. The third kappa shape index (κ3) is 2.03. The molecule has 0 bridgehead atoms. The monoisotopic (exact) mass is 261 g/mol. The number of aromatic nitrogens is 3. The number of nitrogens with zero attached hydrogens (tertiary/aromatic N) is 3. The molecule has 1 aliphatic carbocycles. The molecule has 0 spiro atoms. The Morgan fingerprint density at radius 3 is 2.78 bits per heavy atom. The van der Waals surface area contributed by atoms with E-state index in [0.29, 0.717) is 17.2 Å². The summed E-state index contributed by atoms with van der Waals surface area (Å²) in [5.74, 6) is 1.58. The molecule has 18 heavy (non-hydrogen) atoms. The average Bonchev–Trinajstić information content (AvgIpc) is 3.10. The zero-order valence-electron chi connectivity index (χ0n) is 10.4. The second kappa shape index (κ2) is 4.73. The van der Waals surface area contributed by atoms with Gasteiger partial charge in [0.1, 0.15) is 5.82 Å². The van der Waals surface area contributed by atoms with Crippen LogP contribution in [0.3, 0.4) is 0 Å². The highest BCUT2D eigenvalue weighted by Gasteiger charge is 2.42.